The highest BCUT2D eigenvalue weighted by Gasteiger charge is 2.23. The van der Waals surface area contributed by atoms with E-state index in [-0.39, 0.29) is 11.9 Å². The summed E-state index contributed by atoms with van der Waals surface area (Å²) >= 11 is 0. The van der Waals surface area contributed by atoms with E-state index in [4.69, 9.17) is 20.1 Å². The normalized spacial score (nSPS) is 15.5. The van der Waals surface area contributed by atoms with Gasteiger partial charge in [-0.25, -0.2) is 14.6 Å². The number of nitrogen functional groups attached to an aromatic ring is 1. The van der Waals surface area contributed by atoms with E-state index in [0.717, 1.165) is 18.5 Å². The lowest BCUT2D eigenvalue weighted by Crippen LogP contribution is -2.40. The van der Waals surface area contributed by atoms with E-state index < -0.39 is 5.60 Å². The van der Waals surface area contributed by atoms with Gasteiger partial charge in [0.1, 0.15) is 23.4 Å². The predicted octanol–water partition coefficient (Wildman–Crippen LogP) is 2.30. The molecule has 3 aromatic heterocycles. The molecule has 180 valence electrons. The maximum Gasteiger partial charge on any atom is 0.216 e. The number of fused-ring (bicyclic) bond motifs is 2. The third-order valence-electron chi connectivity index (χ3n) is 5.84. The number of nitrogens with two attached hydrogens (primary N) is 1. The molecular weight excluding hydrogens is 446 g/mol. The smallest absolute Gasteiger partial charge is 0.216 e. The fourth-order valence-electron chi connectivity index (χ4n) is 4.15. The van der Waals surface area contributed by atoms with Crippen LogP contribution in [0.5, 0.6) is 5.88 Å². The second-order valence-corrected chi connectivity index (χ2v) is 9.03. The first-order chi connectivity index (χ1) is 16.8. The number of aromatic nitrogens is 5. The Morgan fingerprint density at radius 1 is 1.26 bits per heavy atom. The molecule has 5 rings (SSSR count). The van der Waals surface area contributed by atoms with Crippen molar-refractivity contribution in [3.8, 4) is 29.2 Å². The Hall–Kier alpha value is -3.94. The molecule has 35 heavy (non-hydrogen) atoms. The first-order valence-electron chi connectivity index (χ1n) is 11.5. The number of hydrogen-bond donors (Lipinski definition) is 3. The number of nitrogens with zero attached hydrogens (tertiary/aromatic N) is 5. The molecule has 4 heterocycles. The summed E-state index contributed by atoms with van der Waals surface area (Å²) in [4.78, 5) is 9.33. The monoisotopic (exact) mass is 473 g/mol. The van der Waals surface area contributed by atoms with Crippen molar-refractivity contribution in [2.45, 2.75) is 51.9 Å². The molecule has 0 bridgehead atoms. The van der Waals surface area contributed by atoms with Crippen molar-refractivity contribution in [3.63, 3.8) is 0 Å². The number of anilines is 1. The van der Waals surface area contributed by atoms with E-state index >= 15 is 0 Å². The van der Waals surface area contributed by atoms with Crippen molar-refractivity contribution in [3.05, 3.63) is 47.2 Å². The molecule has 0 aliphatic carbocycles. The summed E-state index contributed by atoms with van der Waals surface area (Å²) in [6, 6.07) is 10.4. The van der Waals surface area contributed by atoms with Gasteiger partial charge in [0.2, 0.25) is 5.88 Å². The molecule has 1 aliphatic rings. The molecule has 0 spiro atoms. The summed E-state index contributed by atoms with van der Waals surface area (Å²) in [6.07, 6.45) is 0.874. The van der Waals surface area contributed by atoms with Gasteiger partial charge in [0.25, 0.3) is 0 Å². The van der Waals surface area contributed by atoms with Gasteiger partial charge < -0.3 is 25.5 Å². The van der Waals surface area contributed by atoms with Crippen LogP contribution in [0.2, 0.25) is 0 Å². The molecule has 4 aromatic rings. The molecule has 0 saturated heterocycles. The number of benzene rings is 1. The molecule has 10 nitrogen and oxygen atoms in total. The second kappa shape index (κ2) is 9.02. The van der Waals surface area contributed by atoms with Gasteiger partial charge in [-0.3, -0.25) is 0 Å². The number of pyridine rings is 1. The molecule has 10 heteroatoms. The fourth-order valence-corrected chi connectivity index (χ4v) is 4.15. The van der Waals surface area contributed by atoms with E-state index in [1.807, 2.05) is 17.6 Å². The Bertz CT molecular complexity index is 1440. The third kappa shape index (κ3) is 4.69. The van der Waals surface area contributed by atoms with E-state index in [2.05, 4.69) is 56.7 Å². The number of aliphatic hydroxyl groups is 1. The van der Waals surface area contributed by atoms with Gasteiger partial charge in [-0.2, -0.15) is 0 Å². The Balaban J connectivity index is 1.51. The summed E-state index contributed by atoms with van der Waals surface area (Å²) in [5.41, 5.74) is 9.44. The quantitative estimate of drug-likeness (QED) is 0.373. The Kier molecular flexibility index (Phi) is 5.88. The Morgan fingerprint density at radius 3 is 2.77 bits per heavy atom. The van der Waals surface area contributed by atoms with Gasteiger partial charge in [0.15, 0.2) is 17.3 Å². The highest BCUT2D eigenvalue weighted by molar-refractivity contribution is 5.86. The zero-order chi connectivity index (χ0) is 24.6. The van der Waals surface area contributed by atoms with Gasteiger partial charge >= 0.3 is 0 Å². The van der Waals surface area contributed by atoms with Gasteiger partial charge in [-0.15, -0.1) is 0 Å². The molecule has 1 aromatic carbocycles. The molecule has 1 atom stereocenters. The topological polar surface area (TPSA) is 137 Å². The second-order valence-electron chi connectivity index (χ2n) is 9.03. The summed E-state index contributed by atoms with van der Waals surface area (Å²) in [6.45, 7) is 7.04. The molecule has 0 unspecified atom stereocenters. The summed E-state index contributed by atoms with van der Waals surface area (Å²) < 4.78 is 12.9. The molecule has 1 aliphatic heterocycles. The average molecular weight is 474 g/mol. The standard InChI is InChI=1S/C25H27N7O3/c1-4-32-19-12-20(34-14-17-11-15-7-5-6-8-16(15)13-27-17)28-18(9-10-25(2,3)33)21(19)29-24(32)22-23(26)31-35-30-22/h5-8,12,17,27,33H,4,11,13-14H2,1-3H3,(H2,26,31)/t17-/m0/s1. The maximum atomic E-state index is 10.2. The average Bonchev–Trinajstić information content (AvgIpc) is 3.43. The van der Waals surface area contributed by atoms with Crippen molar-refractivity contribution >= 4 is 16.9 Å². The molecule has 4 N–H and O–H groups in total. The summed E-state index contributed by atoms with van der Waals surface area (Å²) in [5, 5.41) is 21.3. The number of aryl methyl sites for hydroxylation is 1. The zero-order valence-electron chi connectivity index (χ0n) is 19.9. The summed E-state index contributed by atoms with van der Waals surface area (Å²) in [7, 11) is 0. The van der Waals surface area contributed by atoms with Crippen molar-refractivity contribution in [2.24, 2.45) is 0 Å². The van der Waals surface area contributed by atoms with Crippen LogP contribution in [0.4, 0.5) is 5.82 Å². The zero-order valence-corrected chi connectivity index (χ0v) is 19.9. The minimum atomic E-state index is -1.19. The molecule has 0 fully saturated rings. The minimum absolute atomic E-state index is 0.146. The van der Waals surface area contributed by atoms with E-state index in [0.29, 0.717) is 41.8 Å². The van der Waals surface area contributed by atoms with Crippen LogP contribution in [-0.4, -0.2) is 48.2 Å². The number of nitrogens with one attached hydrogen (secondary N) is 1. The van der Waals surface area contributed by atoms with Crippen molar-refractivity contribution in [2.75, 3.05) is 12.3 Å². The van der Waals surface area contributed by atoms with Crippen LogP contribution in [0, 0.1) is 11.8 Å². The number of hydrogen-bond acceptors (Lipinski definition) is 9. The maximum absolute atomic E-state index is 10.2. The number of rotatable bonds is 5. The Labute approximate surface area is 202 Å². The van der Waals surface area contributed by atoms with Crippen LogP contribution in [-0.2, 0) is 19.5 Å². The van der Waals surface area contributed by atoms with Gasteiger partial charge in [-0.1, -0.05) is 30.2 Å². The van der Waals surface area contributed by atoms with Gasteiger partial charge in [0, 0.05) is 25.2 Å². The molecule has 0 saturated carbocycles. The summed E-state index contributed by atoms with van der Waals surface area (Å²) in [5.74, 6) is 6.86. The fraction of sp³-hybridized carbons (Fsp3) is 0.360. The van der Waals surface area contributed by atoms with Crippen molar-refractivity contribution in [1.29, 1.82) is 0 Å². The lowest BCUT2D eigenvalue weighted by atomic mass is 9.96. The predicted molar refractivity (Wildman–Crippen MR) is 130 cm³/mol. The van der Waals surface area contributed by atoms with Crippen LogP contribution < -0.4 is 15.8 Å². The largest absolute Gasteiger partial charge is 0.476 e. The van der Waals surface area contributed by atoms with Gasteiger partial charge in [0.05, 0.1) is 5.52 Å². The number of ether oxygens (including phenoxy) is 1. The van der Waals surface area contributed by atoms with Crippen LogP contribution in [0.1, 0.15) is 37.6 Å². The van der Waals surface area contributed by atoms with Crippen LogP contribution in [0.15, 0.2) is 35.0 Å². The lowest BCUT2D eigenvalue weighted by molar-refractivity contribution is 0.143. The van der Waals surface area contributed by atoms with Crippen LogP contribution in [0.3, 0.4) is 0 Å². The molecular formula is C25H27N7O3. The highest BCUT2D eigenvalue weighted by Crippen LogP contribution is 2.30. The SMILES string of the molecule is CCn1c(-c2nonc2N)nc2c(C#CC(C)(C)O)nc(OC[C@@H]3Cc4ccccc4CN3)cc21. The molecule has 0 amide bonds. The number of imidazole rings is 1. The molecule has 0 radical (unpaired) electrons. The van der Waals surface area contributed by atoms with Gasteiger partial charge in [-0.05, 0) is 54.6 Å². The minimum Gasteiger partial charge on any atom is -0.476 e. The Morgan fingerprint density at radius 2 is 2.06 bits per heavy atom. The third-order valence-corrected chi connectivity index (χ3v) is 5.84. The lowest BCUT2D eigenvalue weighted by Gasteiger charge is -2.26. The first kappa shape index (κ1) is 22.8. The van der Waals surface area contributed by atoms with E-state index in [9.17, 15) is 5.11 Å². The van der Waals surface area contributed by atoms with Crippen molar-refractivity contribution in [1.82, 2.24) is 30.2 Å². The first-order valence-corrected chi connectivity index (χ1v) is 11.5. The van der Waals surface area contributed by atoms with E-state index in [1.165, 1.54) is 11.1 Å². The van der Waals surface area contributed by atoms with Crippen molar-refractivity contribution < 1.29 is 14.5 Å². The van der Waals surface area contributed by atoms with Crippen LogP contribution >= 0.6 is 0 Å². The van der Waals surface area contributed by atoms with E-state index in [1.54, 1.807) is 13.8 Å². The highest BCUT2D eigenvalue weighted by atomic mass is 16.6. The van der Waals surface area contributed by atoms with Crippen LogP contribution in [0.25, 0.3) is 22.6 Å².